The summed E-state index contributed by atoms with van der Waals surface area (Å²) >= 11 is 0. The van der Waals surface area contributed by atoms with Crippen LogP contribution in [0.3, 0.4) is 0 Å². The number of benzene rings is 4. The van der Waals surface area contributed by atoms with Crippen molar-refractivity contribution in [2.24, 2.45) is 0 Å². The normalized spacial score (nSPS) is 10.8. The predicted octanol–water partition coefficient (Wildman–Crippen LogP) is 5.72. The maximum atomic E-state index is 13.6. The number of carbonyl (C=O) groups excluding carboxylic acids is 1. The Bertz CT molecular complexity index is 952. The summed E-state index contributed by atoms with van der Waals surface area (Å²) in [5, 5.41) is 3.31. The number of carbonyl (C=O) groups is 1. The third kappa shape index (κ3) is 4.44. The molecule has 0 spiro atoms. The Kier molecular flexibility index (Phi) is 5.82. The van der Waals surface area contributed by atoms with Crippen molar-refractivity contribution in [2.45, 2.75) is 12.0 Å². The summed E-state index contributed by atoms with van der Waals surface area (Å²) in [7, 11) is 0. The van der Waals surface area contributed by atoms with E-state index in [1.54, 1.807) is 0 Å². The highest BCUT2D eigenvalue weighted by Gasteiger charge is 2.26. The van der Waals surface area contributed by atoms with Crippen molar-refractivity contribution in [1.82, 2.24) is 5.32 Å². The van der Waals surface area contributed by atoms with Crippen LogP contribution in [0.5, 0.6) is 0 Å². The summed E-state index contributed by atoms with van der Waals surface area (Å²) in [6.07, 6.45) is 0. The quantitative estimate of drug-likeness (QED) is 0.457. The zero-order valence-corrected chi connectivity index (χ0v) is 16.1. The highest BCUT2D eigenvalue weighted by Crippen LogP contribution is 2.28. The molecular formula is C27H23NO. The molecule has 0 unspecified atom stereocenters. The van der Waals surface area contributed by atoms with E-state index in [1.807, 2.05) is 97.1 Å². The topological polar surface area (TPSA) is 29.1 Å². The van der Waals surface area contributed by atoms with E-state index in [9.17, 15) is 4.79 Å². The van der Waals surface area contributed by atoms with E-state index >= 15 is 0 Å². The average Bonchev–Trinajstić information content (AvgIpc) is 2.80. The lowest BCUT2D eigenvalue weighted by Crippen LogP contribution is -2.34. The fourth-order valence-electron chi connectivity index (χ4n) is 3.66. The number of rotatable bonds is 6. The molecular weight excluding hydrogens is 354 g/mol. The van der Waals surface area contributed by atoms with Crippen LogP contribution in [0, 0.1) is 0 Å². The first kappa shape index (κ1) is 18.7. The molecule has 0 radical (unpaired) electrons. The number of amides is 1. The van der Waals surface area contributed by atoms with Gasteiger partial charge >= 0.3 is 0 Å². The van der Waals surface area contributed by atoms with E-state index in [1.165, 1.54) is 0 Å². The highest BCUT2D eigenvalue weighted by atomic mass is 16.1. The van der Waals surface area contributed by atoms with Gasteiger partial charge in [0, 0.05) is 0 Å². The maximum Gasteiger partial charge on any atom is 0.232 e. The Morgan fingerprint density at radius 1 is 0.483 bits per heavy atom. The van der Waals surface area contributed by atoms with Gasteiger partial charge in [-0.2, -0.15) is 0 Å². The van der Waals surface area contributed by atoms with E-state index < -0.39 is 0 Å². The van der Waals surface area contributed by atoms with Gasteiger partial charge in [0.25, 0.3) is 0 Å². The Balaban J connectivity index is 1.71. The number of hydrogen-bond donors (Lipinski definition) is 1. The monoisotopic (exact) mass is 377 g/mol. The van der Waals surface area contributed by atoms with E-state index in [-0.39, 0.29) is 17.9 Å². The smallest absolute Gasteiger partial charge is 0.232 e. The summed E-state index contributed by atoms with van der Waals surface area (Å²) in [5.41, 5.74) is 4.09. The van der Waals surface area contributed by atoms with Crippen LogP contribution >= 0.6 is 0 Å². The second-order valence-electron chi connectivity index (χ2n) is 7.02. The van der Waals surface area contributed by atoms with Gasteiger partial charge in [0.2, 0.25) is 5.91 Å². The first-order valence-corrected chi connectivity index (χ1v) is 9.83. The van der Waals surface area contributed by atoms with E-state index in [0.29, 0.717) is 0 Å². The van der Waals surface area contributed by atoms with Gasteiger partial charge in [0.1, 0.15) is 0 Å². The molecule has 2 heteroatoms. The van der Waals surface area contributed by atoms with Gasteiger partial charge in [-0.25, -0.2) is 0 Å². The van der Waals surface area contributed by atoms with Crippen molar-refractivity contribution in [3.8, 4) is 0 Å². The van der Waals surface area contributed by atoms with Crippen LogP contribution in [-0.4, -0.2) is 5.91 Å². The summed E-state index contributed by atoms with van der Waals surface area (Å²) in [4.78, 5) is 13.6. The largest absolute Gasteiger partial charge is 0.344 e. The predicted molar refractivity (Wildman–Crippen MR) is 118 cm³/mol. The second kappa shape index (κ2) is 9.03. The van der Waals surface area contributed by atoms with Crippen molar-refractivity contribution in [2.75, 3.05) is 0 Å². The van der Waals surface area contributed by atoms with Gasteiger partial charge in [-0.1, -0.05) is 121 Å². The lowest BCUT2D eigenvalue weighted by Gasteiger charge is -2.24. The second-order valence-corrected chi connectivity index (χ2v) is 7.02. The molecule has 0 saturated heterocycles. The molecule has 0 saturated carbocycles. The van der Waals surface area contributed by atoms with Gasteiger partial charge in [-0.15, -0.1) is 0 Å². The Labute approximate surface area is 171 Å². The van der Waals surface area contributed by atoms with Crippen LogP contribution < -0.4 is 5.32 Å². The SMILES string of the molecule is O=C(NC(c1ccccc1)c1ccccc1)C(c1ccccc1)c1ccccc1. The fraction of sp³-hybridized carbons (Fsp3) is 0.0741. The van der Waals surface area contributed by atoms with Gasteiger partial charge in [-0.3, -0.25) is 4.79 Å². The minimum Gasteiger partial charge on any atom is -0.344 e. The van der Waals surface area contributed by atoms with Crippen molar-refractivity contribution < 1.29 is 4.79 Å². The summed E-state index contributed by atoms with van der Waals surface area (Å²) < 4.78 is 0. The lowest BCUT2D eigenvalue weighted by atomic mass is 9.89. The summed E-state index contributed by atoms with van der Waals surface area (Å²) in [5.74, 6) is -0.382. The molecule has 0 heterocycles. The molecule has 1 amide bonds. The first-order chi connectivity index (χ1) is 14.3. The molecule has 0 fully saturated rings. The Morgan fingerprint density at radius 3 is 1.14 bits per heavy atom. The molecule has 2 nitrogen and oxygen atoms in total. The van der Waals surface area contributed by atoms with Crippen molar-refractivity contribution >= 4 is 5.91 Å². The van der Waals surface area contributed by atoms with Crippen LogP contribution in [-0.2, 0) is 4.79 Å². The van der Waals surface area contributed by atoms with Gasteiger partial charge in [0.15, 0.2) is 0 Å². The summed E-state index contributed by atoms with van der Waals surface area (Å²) in [6, 6.07) is 39.9. The summed E-state index contributed by atoms with van der Waals surface area (Å²) in [6.45, 7) is 0. The van der Waals surface area contributed by atoms with Crippen molar-refractivity contribution in [3.63, 3.8) is 0 Å². The van der Waals surface area contributed by atoms with E-state index in [0.717, 1.165) is 22.3 Å². The van der Waals surface area contributed by atoms with E-state index in [4.69, 9.17) is 0 Å². The van der Waals surface area contributed by atoms with Crippen LogP contribution in [0.2, 0.25) is 0 Å². The van der Waals surface area contributed by atoms with Gasteiger partial charge in [0.05, 0.1) is 12.0 Å². The molecule has 0 aliphatic heterocycles. The Hall–Kier alpha value is -3.65. The van der Waals surface area contributed by atoms with Gasteiger partial charge in [-0.05, 0) is 22.3 Å². The minimum absolute atomic E-state index is 0.0138. The third-order valence-corrected chi connectivity index (χ3v) is 5.08. The fourth-order valence-corrected chi connectivity index (χ4v) is 3.66. The van der Waals surface area contributed by atoms with Crippen LogP contribution in [0.25, 0.3) is 0 Å². The molecule has 142 valence electrons. The number of nitrogens with one attached hydrogen (secondary N) is 1. The van der Waals surface area contributed by atoms with Crippen molar-refractivity contribution in [3.05, 3.63) is 144 Å². The van der Waals surface area contributed by atoms with E-state index in [2.05, 4.69) is 29.6 Å². The minimum atomic E-state index is -0.368. The van der Waals surface area contributed by atoms with Crippen molar-refractivity contribution in [1.29, 1.82) is 0 Å². The Morgan fingerprint density at radius 2 is 0.793 bits per heavy atom. The highest BCUT2D eigenvalue weighted by molar-refractivity contribution is 5.87. The number of hydrogen-bond acceptors (Lipinski definition) is 1. The zero-order chi connectivity index (χ0) is 19.9. The molecule has 0 aromatic heterocycles. The average molecular weight is 377 g/mol. The standard InChI is InChI=1S/C27H23NO/c29-27(25(21-13-5-1-6-14-21)22-15-7-2-8-16-22)28-26(23-17-9-3-10-18-23)24-19-11-4-12-20-24/h1-20,25-26H,(H,28,29). The molecule has 29 heavy (non-hydrogen) atoms. The van der Waals surface area contributed by atoms with Gasteiger partial charge < -0.3 is 5.32 Å². The molecule has 0 atom stereocenters. The molecule has 4 aromatic carbocycles. The molecule has 0 aliphatic carbocycles. The zero-order valence-electron chi connectivity index (χ0n) is 16.1. The van der Waals surface area contributed by atoms with Crippen LogP contribution in [0.4, 0.5) is 0 Å². The van der Waals surface area contributed by atoms with Crippen LogP contribution in [0.1, 0.15) is 34.2 Å². The maximum absolute atomic E-state index is 13.6. The molecule has 4 aromatic rings. The first-order valence-electron chi connectivity index (χ1n) is 9.83. The molecule has 4 rings (SSSR count). The third-order valence-electron chi connectivity index (χ3n) is 5.08. The molecule has 0 bridgehead atoms. The van der Waals surface area contributed by atoms with Crippen LogP contribution in [0.15, 0.2) is 121 Å². The molecule has 0 aliphatic rings. The lowest BCUT2D eigenvalue weighted by molar-refractivity contribution is -0.122. The molecule has 1 N–H and O–H groups in total.